The maximum Gasteiger partial charge on any atom is 0.306 e. The molecular weight excluding hydrogens is 937 g/mol. The Hall–Kier alpha value is -2.37. The van der Waals surface area contributed by atoms with Gasteiger partial charge in [0.2, 0.25) is 0 Å². The molecule has 0 N–H and O–H groups in total. The summed E-state index contributed by atoms with van der Waals surface area (Å²) in [6.07, 6.45) is 80.4. The van der Waals surface area contributed by atoms with E-state index in [1.807, 2.05) is 0 Å². The van der Waals surface area contributed by atoms with Crippen LogP contribution in [0, 0.1) is 0 Å². The van der Waals surface area contributed by atoms with E-state index in [1.54, 1.807) is 0 Å². The van der Waals surface area contributed by atoms with Crippen molar-refractivity contribution < 1.29 is 28.6 Å². The highest BCUT2D eigenvalue weighted by Gasteiger charge is 2.19. The Morgan fingerprint density at radius 3 is 0.737 bits per heavy atom. The van der Waals surface area contributed by atoms with E-state index in [0.717, 1.165) is 70.6 Å². The fourth-order valence-electron chi connectivity index (χ4n) is 10.3. The Kier molecular flexibility index (Phi) is 63.1. The lowest BCUT2D eigenvalue weighted by Gasteiger charge is -2.18. The zero-order chi connectivity index (χ0) is 55.0. The number of hydrogen-bond acceptors (Lipinski definition) is 6. The maximum absolute atomic E-state index is 12.9. The van der Waals surface area contributed by atoms with E-state index in [-0.39, 0.29) is 31.1 Å². The Morgan fingerprint density at radius 2 is 0.474 bits per heavy atom. The topological polar surface area (TPSA) is 78.9 Å². The second-order valence-electron chi connectivity index (χ2n) is 23.1. The van der Waals surface area contributed by atoms with Crippen molar-refractivity contribution in [2.45, 2.75) is 380 Å². The van der Waals surface area contributed by atoms with Gasteiger partial charge >= 0.3 is 17.9 Å². The van der Waals surface area contributed by atoms with Crippen molar-refractivity contribution >= 4 is 17.9 Å². The molecule has 0 aromatic heterocycles. The normalized spacial score (nSPS) is 12.2. The summed E-state index contributed by atoms with van der Waals surface area (Å²) in [6.45, 7) is 6.66. The van der Waals surface area contributed by atoms with E-state index in [4.69, 9.17) is 14.2 Å². The van der Waals surface area contributed by atoms with Gasteiger partial charge in [-0.3, -0.25) is 14.4 Å². The molecule has 0 spiro atoms. The second kappa shape index (κ2) is 65.2. The van der Waals surface area contributed by atoms with Crippen molar-refractivity contribution in [3.05, 3.63) is 36.5 Å². The highest BCUT2D eigenvalue weighted by atomic mass is 16.6. The second-order valence-corrected chi connectivity index (χ2v) is 23.1. The minimum absolute atomic E-state index is 0.0684. The van der Waals surface area contributed by atoms with Gasteiger partial charge in [-0.05, 0) is 57.8 Å². The summed E-state index contributed by atoms with van der Waals surface area (Å²) in [4.78, 5) is 38.2. The van der Waals surface area contributed by atoms with Gasteiger partial charge in [-0.1, -0.05) is 333 Å². The number of unbranched alkanes of at least 4 members (excludes halogenated alkanes) is 46. The first-order chi connectivity index (χ1) is 37.5. The molecule has 0 saturated carbocycles. The zero-order valence-electron chi connectivity index (χ0n) is 51.3. The van der Waals surface area contributed by atoms with Crippen molar-refractivity contribution in [1.29, 1.82) is 0 Å². The summed E-state index contributed by atoms with van der Waals surface area (Å²) in [6, 6.07) is 0. The number of hydrogen-bond donors (Lipinski definition) is 0. The van der Waals surface area contributed by atoms with Crippen LogP contribution in [0.3, 0.4) is 0 Å². The first-order valence-corrected chi connectivity index (χ1v) is 34.0. The highest BCUT2D eigenvalue weighted by molar-refractivity contribution is 5.71. The first kappa shape index (κ1) is 73.6. The molecular formula is C70H130O6. The third-order valence-corrected chi connectivity index (χ3v) is 15.4. The lowest BCUT2D eigenvalue weighted by molar-refractivity contribution is -0.167. The SMILES string of the molecule is CCCCCCC/C=C\C/C=C\C/C=C\CCCCCCCCCCCCC(=O)OCC(COC(=O)CCCCCCCCCC)OC(=O)CCCCCCCCCCCCCCCCCCCCCCCCCCC. The van der Waals surface area contributed by atoms with Crippen LogP contribution in [0.4, 0.5) is 0 Å². The maximum atomic E-state index is 12.9. The fraction of sp³-hybridized carbons (Fsp3) is 0.871. The first-order valence-electron chi connectivity index (χ1n) is 34.0. The number of rotatable bonds is 63. The van der Waals surface area contributed by atoms with Crippen LogP contribution in [0.5, 0.6) is 0 Å². The van der Waals surface area contributed by atoms with E-state index in [9.17, 15) is 14.4 Å². The van der Waals surface area contributed by atoms with Crippen LogP contribution in [-0.2, 0) is 28.6 Å². The molecule has 0 aliphatic rings. The average Bonchev–Trinajstić information content (AvgIpc) is 3.42. The molecule has 6 nitrogen and oxygen atoms in total. The van der Waals surface area contributed by atoms with Crippen LogP contribution in [0.2, 0.25) is 0 Å². The van der Waals surface area contributed by atoms with Crippen LogP contribution >= 0.6 is 0 Å². The molecule has 0 radical (unpaired) electrons. The van der Waals surface area contributed by atoms with Gasteiger partial charge < -0.3 is 14.2 Å². The van der Waals surface area contributed by atoms with Crippen LogP contribution < -0.4 is 0 Å². The Labute approximate surface area is 474 Å². The minimum Gasteiger partial charge on any atom is -0.462 e. The van der Waals surface area contributed by atoms with E-state index in [0.29, 0.717) is 19.3 Å². The van der Waals surface area contributed by atoms with Crippen molar-refractivity contribution in [1.82, 2.24) is 0 Å². The number of carbonyl (C=O) groups is 3. The summed E-state index contributed by atoms with van der Waals surface area (Å²) in [7, 11) is 0. The molecule has 0 bridgehead atoms. The lowest BCUT2D eigenvalue weighted by Crippen LogP contribution is -2.30. The van der Waals surface area contributed by atoms with Crippen LogP contribution in [0.15, 0.2) is 36.5 Å². The molecule has 0 aromatic rings. The van der Waals surface area contributed by atoms with Crippen molar-refractivity contribution in [2.75, 3.05) is 13.2 Å². The summed E-state index contributed by atoms with van der Waals surface area (Å²) < 4.78 is 16.9. The number of ether oxygens (including phenoxy) is 3. The summed E-state index contributed by atoms with van der Waals surface area (Å²) >= 11 is 0. The Balaban J connectivity index is 4.11. The monoisotopic (exact) mass is 1070 g/mol. The van der Waals surface area contributed by atoms with Gasteiger partial charge in [-0.25, -0.2) is 0 Å². The van der Waals surface area contributed by atoms with Crippen molar-refractivity contribution in [3.8, 4) is 0 Å². The smallest absolute Gasteiger partial charge is 0.306 e. The summed E-state index contributed by atoms with van der Waals surface area (Å²) in [5.74, 6) is -0.852. The standard InChI is InChI=1S/C70H130O6/c1-4-7-10-13-16-19-21-23-25-27-29-31-33-35-37-39-41-43-45-47-49-51-54-57-60-63-69(72)75-66-67(65-74-68(71)62-59-56-53-18-15-12-9-6-3)76-70(73)64-61-58-55-52-50-48-46-44-42-40-38-36-34-32-30-28-26-24-22-20-17-14-11-8-5-2/h21,23,27,29,33,35,67H,4-20,22,24-26,28,30-32,34,36-66H2,1-3H3/b23-21-,29-27-,35-33-. The van der Waals surface area contributed by atoms with Crippen LogP contribution in [0.1, 0.15) is 374 Å². The lowest BCUT2D eigenvalue weighted by atomic mass is 10.0. The molecule has 0 saturated heterocycles. The predicted octanol–water partition coefficient (Wildman–Crippen LogP) is 23.2. The van der Waals surface area contributed by atoms with E-state index in [1.165, 1.54) is 263 Å². The Bertz CT molecular complexity index is 1270. The zero-order valence-corrected chi connectivity index (χ0v) is 51.3. The highest BCUT2D eigenvalue weighted by Crippen LogP contribution is 2.18. The molecule has 0 aliphatic carbocycles. The van der Waals surface area contributed by atoms with Gasteiger partial charge in [-0.15, -0.1) is 0 Å². The third-order valence-electron chi connectivity index (χ3n) is 15.4. The minimum atomic E-state index is -0.769. The van der Waals surface area contributed by atoms with Crippen molar-refractivity contribution in [3.63, 3.8) is 0 Å². The molecule has 0 heterocycles. The molecule has 1 unspecified atom stereocenters. The molecule has 0 aliphatic heterocycles. The van der Waals surface area contributed by atoms with E-state index in [2.05, 4.69) is 57.2 Å². The van der Waals surface area contributed by atoms with Crippen LogP contribution in [-0.4, -0.2) is 37.2 Å². The molecule has 0 aromatic carbocycles. The molecule has 446 valence electrons. The van der Waals surface area contributed by atoms with Crippen LogP contribution in [0.25, 0.3) is 0 Å². The molecule has 0 amide bonds. The molecule has 0 fully saturated rings. The molecule has 76 heavy (non-hydrogen) atoms. The summed E-state index contributed by atoms with van der Waals surface area (Å²) in [5.41, 5.74) is 0. The van der Waals surface area contributed by atoms with Gasteiger partial charge in [-0.2, -0.15) is 0 Å². The third kappa shape index (κ3) is 62.5. The van der Waals surface area contributed by atoms with Gasteiger partial charge in [0, 0.05) is 19.3 Å². The Morgan fingerprint density at radius 1 is 0.263 bits per heavy atom. The van der Waals surface area contributed by atoms with Gasteiger partial charge in [0.15, 0.2) is 6.10 Å². The largest absolute Gasteiger partial charge is 0.462 e. The average molecular weight is 1070 g/mol. The fourth-order valence-corrected chi connectivity index (χ4v) is 10.3. The van der Waals surface area contributed by atoms with Gasteiger partial charge in [0.05, 0.1) is 0 Å². The van der Waals surface area contributed by atoms with Crippen molar-refractivity contribution in [2.24, 2.45) is 0 Å². The van der Waals surface area contributed by atoms with Gasteiger partial charge in [0.25, 0.3) is 0 Å². The number of allylic oxidation sites excluding steroid dienone is 6. The number of carbonyl (C=O) groups excluding carboxylic acids is 3. The summed E-state index contributed by atoms with van der Waals surface area (Å²) in [5, 5.41) is 0. The van der Waals surface area contributed by atoms with E-state index < -0.39 is 6.10 Å². The van der Waals surface area contributed by atoms with E-state index >= 15 is 0 Å². The molecule has 6 heteroatoms. The molecule has 1 atom stereocenters. The molecule has 0 rings (SSSR count). The van der Waals surface area contributed by atoms with Gasteiger partial charge in [0.1, 0.15) is 13.2 Å². The number of esters is 3. The predicted molar refractivity (Wildman–Crippen MR) is 330 cm³/mol. The quantitative estimate of drug-likeness (QED) is 0.0261.